The topological polar surface area (TPSA) is 93.5 Å². The zero-order valence-electron chi connectivity index (χ0n) is 14.8. The van der Waals surface area contributed by atoms with Crippen molar-refractivity contribution in [3.8, 4) is 0 Å². The largest absolute Gasteiger partial charge is 0.480 e. The Kier molecular flexibility index (Phi) is 5.88. The lowest BCUT2D eigenvalue weighted by Crippen LogP contribution is -2.18. The van der Waals surface area contributed by atoms with Gasteiger partial charge in [0.05, 0.1) is 27.4 Å². The van der Waals surface area contributed by atoms with Gasteiger partial charge in [0.15, 0.2) is 5.43 Å². The number of methoxy groups -OCH3 is 1. The van der Waals surface area contributed by atoms with Crippen LogP contribution < -0.4 is 10.7 Å². The number of nitrogens with zero attached hydrogens (tertiary/aromatic N) is 2. The summed E-state index contributed by atoms with van der Waals surface area (Å²) in [5.74, 6) is -0.502. The van der Waals surface area contributed by atoms with E-state index in [9.17, 15) is 14.7 Å². The number of fused-ring (bicyclic) bond motifs is 2. The first-order chi connectivity index (χ1) is 13.0. The van der Waals surface area contributed by atoms with Crippen LogP contribution in [-0.2, 0) is 16.1 Å². The Bertz CT molecular complexity index is 1080. The van der Waals surface area contributed by atoms with Gasteiger partial charge in [-0.15, -0.1) is 11.8 Å². The number of thioether (sulfide) groups is 1. The van der Waals surface area contributed by atoms with Crippen molar-refractivity contribution in [3.05, 3.63) is 39.5 Å². The Morgan fingerprint density at radius 2 is 2.07 bits per heavy atom. The molecular weight excluding hydrogens is 390 g/mol. The van der Waals surface area contributed by atoms with Gasteiger partial charge in [-0.05, 0) is 30.5 Å². The Morgan fingerprint density at radius 3 is 2.74 bits per heavy atom. The number of aromatic nitrogens is 2. The van der Waals surface area contributed by atoms with Crippen molar-refractivity contribution < 1.29 is 14.6 Å². The average molecular weight is 408 g/mol. The van der Waals surface area contributed by atoms with E-state index in [0.717, 1.165) is 0 Å². The number of ether oxygens (including phenoxy) is 1. The number of carboxylic acid groups (broad SMARTS) is 1. The number of carboxylic acids is 1. The summed E-state index contributed by atoms with van der Waals surface area (Å²) in [5, 5.41) is 13.8. The van der Waals surface area contributed by atoms with E-state index in [1.165, 1.54) is 16.3 Å². The summed E-state index contributed by atoms with van der Waals surface area (Å²) in [6.45, 7) is 0.689. The summed E-state index contributed by atoms with van der Waals surface area (Å²) < 4.78 is 6.54. The number of hydrogen-bond acceptors (Lipinski definition) is 6. The van der Waals surface area contributed by atoms with Gasteiger partial charge < -0.3 is 19.7 Å². The number of benzene rings is 1. The van der Waals surface area contributed by atoms with Gasteiger partial charge in [0.2, 0.25) is 0 Å². The Labute approximate surface area is 164 Å². The highest BCUT2D eigenvalue weighted by Crippen LogP contribution is 2.33. The van der Waals surface area contributed by atoms with Crippen LogP contribution in [0.3, 0.4) is 0 Å². The quantitative estimate of drug-likeness (QED) is 0.353. The highest BCUT2D eigenvalue weighted by molar-refractivity contribution is 7.99. The van der Waals surface area contributed by atoms with E-state index in [1.807, 2.05) is 6.26 Å². The van der Waals surface area contributed by atoms with Crippen LogP contribution in [0.1, 0.15) is 0 Å². The number of pyridine rings is 2. The van der Waals surface area contributed by atoms with Gasteiger partial charge >= 0.3 is 5.97 Å². The highest BCUT2D eigenvalue weighted by Gasteiger charge is 2.18. The molecule has 0 aliphatic heterocycles. The summed E-state index contributed by atoms with van der Waals surface area (Å²) in [4.78, 5) is 29.7. The zero-order valence-corrected chi connectivity index (χ0v) is 16.4. The van der Waals surface area contributed by atoms with Crippen molar-refractivity contribution in [1.29, 1.82) is 0 Å². The molecule has 2 heterocycles. The van der Waals surface area contributed by atoms with Crippen LogP contribution in [0.4, 0.5) is 5.82 Å². The zero-order chi connectivity index (χ0) is 19.6. The first-order valence-electron chi connectivity index (χ1n) is 8.12. The minimum atomic E-state index is -1.03. The van der Waals surface area contributed by atoms with Crippen LogP contribution in [0.5, 0.6) is 0 Å². The maximum absolute atomic E-state index is 13.0. The molecule has 0 fully saturated rings. The number of anilines is 1. The lowest BCUT2D eigenvalue weighted by molar-refractivity contribution is -0.137. The van der Waals surface area contributed by atoms with Crippen molar-refractivity contribution in [1.82, 2.24) is 9.55 Å². The second-order valence-corrected chi connectivity index (χ2v) is 7.00. The first-order valence-corrected chi connectivity index (χ1v) is 9.72. The molecule has 0 saturated heterocycles. The summed E-state index contributed by atoms with van der Waals surface area (Å²) in [6, 6.07) is 6.64. The first kappa shape index (κ1) is 19.5. The van der Waals surface area contributed by atoms with Crippen LogP contribution in [-0.4, -0.2) is 47.1 Å². The minimum Gasteiger partial charge on any atom is -0.480 e. The van der Waals surface area contributed by atoms with Gasteiger partial charge in [-0.1, -0.05) is 11.6 Å². The fraction of sp³-hybridized carbons (Fsp3) is 0.278. The standard InChI is InChI=1S/C18H18ClN3O4S/c1-26-8-7-20-13-6-4-11-16(25)10-3-5-12(19)17(27-2)15(10)22(9-14(23)24)18(11)21-13/h3-6H,7-9H2,1-2H3,(H,20,21)(H,23,24). The molecule has 0 radical (unpaired) electrons. The van der Waals surface area contributed by atoms with Gasteiger partial charge in [0.25, 0.3) is 0 Å². The molecule has 0 saturated carbocycles. The number of carbonyl (C=O) groups is 1. The molecule has 2 aromatic heterocycles. The number of nitrogens with one attached hydrogen (secondary N) is 1. The van der Waals surface area contributed by atoms with Gasteiger partial charge in [0.1, 0.15) is 18.0 Å². The van der Waals surface area contributed by atoms with E-state index in [-0.39, 0.29) is 12.0 Å². The normalized spacial score (nSPS) is 11.2. The van der Waals surface area contributed by atoms with Crippen LogP contribution >= 0.6 is 23.4 Å². The van der Waals surface area contributed by atoms with Crippen molar-refractivity contribution in [2.24, 2.45) is 0 Å². The van der Waals surface area contributed by atoms with E-state index in [4.69, 9.17) is 16.3 Å². The Morgan fingerprint density at radius 1 is 1.33 bits per heavy atom. The van der Waals surface area contributed by atoms with Crippen molar-refractivity contribution in [3.63, 3.8) is 0 Å². The Hall–Kier alpha value is -2.29. The fourth-order valence-corrected chi connectivity index (χ4v) is 4.00. The molecular formula is C18H18ClN3O4S. The number of aliphatic carboxylic acids is 1. The summed E-state index contributed by atoms with van der Waals surface area (Å²) >= 11 is 7.66. The predicted molar refractivity (Wildman–Crippen MR) is 108 cm³/mol. The van der Waals surface area contributed by atoms with Crippen LogP contribution in [0, 0.1) is 0 Å². The molecule has 9 heteroatoms. The Balaban J connectivity index is 2.37. The van der Waals surface area contributed by atoms with Crippen molar-refractivity contribution >= 4 is 57.1 Å². The third-order valence-electron chi connectivity index (χ3n) is 4.08. The molecule has 0 spiro atoms. The molecule has 7 nitrogen and oxygen atoms in total. The SMILES string of the molecule is COCCNc1ccc2c(=O)c3ccc(Cl)c(SC)c3n(CC(=O)O)c2n1. The molecule has 0 atom stereocenters. The molecule has 0 unspecified atom stereocenters. The molecule has 3 rings (SSSR count). The third kappa shape index (κ3) is 3.73. The molecule has 2 N–H and O–H groups in total. The molecule has 0 aliphatic carbocycles. The second-order valence-electron chi connectivity index (χ2n) is 5.77. The lowest BCUT2D eigenvalue weighted by atomic mass is 10.1. The molecule has 0 amide bonds. The summed E-state index contributed by atoms with van der Waals surface area (Å²) in [6.07, 6.45) is 1.83. The number of rotatable bonds is 7. The van der Waals surface area contributed by atoms with Crippen LogP contribution in [0.25, 0.3) is 21.9 Å². The average Bonchev–Trinajstić information content (AvgIpc) is 2.64. The second kappa shape index (κ2) is 8.16. The van der Waals surface area contributed by atoms with Gasteiger partial charge in [0, 0.05) is 19.0 Å². The molecule has 0 aliphatic rings. The summed E-state index contributed by atoms with van der Waals surface area (Å²) in [5.41, 5.74) is 0.580. The van der Waals surface area contributed by atoms with E-state index in [2.05, 4.69) is 10.3 Å². The smallest absolute Gasteiger partial charge is 0.323 e. The van der Waals surface area contributed by atoms with E-state index >= 15 is 0 Å². The summed E-state index contributed by atoms with van der Waals surface area (Å²) in [7, 11) is 1.60. The van der Waals surface area contributed by atoms with Gasteiger partial charge in [-0.3, -0.25) is 9.59 Å². The molecule has 27 heavy (non-hydrogen) atoms. The van der Waals surface area contributed by atoms with E-state index < -0.39 is 5.97 Å². The third-order valence-corrected chi connectivity index (χ3v) is 5.33. The minimum absolute atomic E-state index is 0.204. The van der Waals surface area contributed by atoms with Crippen LogP contribution in [0.2, 0.25) is 5.02 Å². The van der Waals surface area contributed by atoms with E-state index in [1.54, 1.807) is 31.4 Å². The fourth-order valence-electron chi connectivity index (χ4n) is 2.94. The molecule has 0 bridgehead atoms. The van der Waals surface area contributed by atoms with Crippen LogP contribution in [0.15, 0.2) is 34.0 Å². The van der Waals surface area contributed by atoms with E-state index in [0.29, 0.717) is 50.8 Å². The van der Waals surface area contributed by atoms with Gasteiger partial charge in [-0.25, -0.2) is 4.98 Å². The van der Waals surface area contributed by atoms with Crippen molar-refractivity contribution in [2.75, 3.05) is 31.8 Å². The van der Waals surface area contributed by atoms with Crippen molar-refractivity contribution in [2.45, 2.75) is 11.4 Å². The molecule has 142 valence electrons. The van der Waals surface area contributed by atoms with Gasteiger partial charge in [-0.2, -0.15) is 0 Å². The lowest BCUT2D eigenvalue weighted by Gasteiger charge is -2.16. The maximum atomic E-state index is 13.0. The monoisotopic (exact) mass is 407 g/mol. The highest BCUT2D eigenvalue weighted by atomic mass is 35.5. The molecule has 3 aromatic rings. The number of halogens is 1. The predicted octanol–water partition coefficient (Wildman–Crippen LogP) is 3.07. The number of hydrogen-bond donors (Lipinski definition) is 2. The molecule has 1 aromatic carbocycles. The maximum Gasteiger partial charge on any atom is 0.323 e.